The molecule has 0 radical (unpaired) electrons. The summed E-state index contributed by atoms with van der Waals surface area (Å²) in [5.41, 5.74) is 9.63. The SMILES string of the molecule is C=CC(=O)N1CCC[C@@H](n2nc(-c3ccc(C(=O)Nc4ccccc4)cc3)c3c(N)ncc(Cl)c32)C1. The number of nitrogens with one attached hydrogen (secondary N) is 1. The van der Waals surface area contributed by atoms with E-state index < -0.39 is 0 Å². The quantitative estimate of drug-likeness (QED) is 0.378. The highest BCUT2D eigenvalue weighted by molar-refractivity contribution is 6.35. The molecule has 182 valence electrons. The highest BCUT2D eigenvalue weighted by Gasteiger charge is 2.28. The van der Waals surface area contributed by atoms with E-state index in [2.05, 4.69) is 16.9 Å². The van der Waals surface area contributed by atoms with Crippen LogP contribution in [0.3, 0.4) is 0 Å². The average molecular weight is 501 g/mol. The molecule has 3 N–H and O–H groups in total. The number of nitrogens with zero attached hydrogens (tertiary/aromatic N) is 4. The Morgan fingerprint density at radius 1 is 1.14 bits per heavy atom. The Kier molecular flexibility index (Phi) is 6.43. The highest BCUT2D eigenvalue weighted by Crippen LogP contribution is 2.38. The van der Waals surface area contributed by atoms with Gasteiger partial charge in [0.15, 0.2) is 0 Å². The van der Waals surface area contributed by atoms with Crippen molar-refractivity contribution >= 4 is 45.8 Å². The number of carbonyl (C=O) groups excluding carboxylic acids is 2. The van der Waals surface area contributed by atoms with Gasteiger partial charge in [0.1, 0.15) is 11.5 Å². The van der Waals surface area contributed by atoms with E-state index in [9.17, 15) is 9.59 Å². The van der Waals surface area contributed by atoms with Gasteiger partial charge in [-0.2, -0.15) is 5.10 Å². The van der Waals surface area contributed by atoms with Gasteiger partial charge in [0, 0.05) is 29.9 Å². The van der Waals surface area contributed by atoms with Crippen molar-refractivity contribution in [2.24, 2.45) is 0 Å². The fourth-order valence-electron chi connectivity index (χ4n) is 4.61. The number of nitrogens with two attached hydrogens (primary N) is 1. The number of nitrogen functional groups attached to an aromatic ring is 1. The third-order valence-electron chi connectivity index (χ3n) is 6.39. The molecule has 2 aromatic heterocycles. The number of anilines is 2. The molecule has 4 aromatic rings. The topological polar surface area (TPSA) is 106 Å². The molecular formula is C27H25ClN6O2. The molecule has 0 spiro atoms. The maximum Gasteiger partial charge on any atom is 0.255 e. The van der Waals surface area contributed by atoms with Gasteiger partial charge in [0.25, 0.3) is 5.91 Å². The molecule has 1 aliphatic heterocycles. The lowest BCUT2D eigenvalue weighted by molar-refractivity contribution is -0.127. The molecule has 1 atom stereocenters. The summed E-state index contributed by atoms with van der Waals surface area (Å²) in [7, 11) is 0. The molecule has 8 nitrogen and oxygen atoms in total. The van der Waals surface area contributed by atoms with E-state index >= 15 is 0 Å². The zero-order chi connectivity index (χ0) is 25.2. The fraction of sp³-hybridized carbons (Fsp3) is 0.185. The molecule has 1 saturated heterocycles. The number of para-hydroxylation sites is 1. The molecule has 0 saturated carbocycles. The Bertz CT molecular complexity index is 1450. The first-order valence-electron chi connectivity index (χ1n) is 11.7. The third-order valence-corrected chi connectivity index (χ3v) is 6.67. The summed E-state index contributed by atoms with van der Waals surface area (Å²) in [6.07, 6.45) is 4.53. The Morgan fingerprint density at radius 3 is 2.61 bits per heavy atom. The molecule has 5 rings (SSSR count). The first-order valence-corrected chi connectivity index (χ1v) is 12.0. The minimum absolute atomic E-state index is 0.0749. The monoisotopic (exact) mass is 500 g/mol. The van der Waals surface area contributed by atoms with Crippen LogP contribution in [-0.4, -0.2) is 44.6 Å². The van der Waals surface area contributed by atoms with Crippen molar-refractivity contribution in [1.29, 1.82) is 0 Å². The Labute approximate surface area is 213 Å². The van der Waals surface area contributed by atoms with Crippen LogP contribution in [-0.2, 0) is 4.79 Å². The van der Waals surface area contributed by atoms with Crippen LogP contribution in [0.5, 0.6) is 0 Å². The molecule has 0 unspecified atom stereocenters. The smallest absolute Gasteiger partial charge is 0.255 e. The second-order valence-corrected chi connectivity index (χ2v) is 9.10. The number of carbonyl (C=O) groups is 2. The van der Waals surface area contributed by atoms with Crippen molar-refractivity contribution in [3.8, 4) is 11.3 Å². The normalized spacial score (nSPS) is 15.6. The lowest BCUT2D eigenvalue weighted by Gasteiger charge is -2.32. The van der Waals surface area contributed by atoms with Gasteiger partial charge >= 0.3 is 0 Å². The largest absolute Gasteiger partial charge is 0.383 e. The van der Waals surface area contributed by atoms with Gasteiger partial charge in [0.05, 0.1) is 28.2 Å². The number of amides is 2. The summed E-state index contributed by atoms with van der Waals surface area (Å²) < 4.78 is 1.86. The minimum Gasteiger partial charge on any atom is -0.383 e. The number of hydrogen-bond acceptors (Lipinski definition) is 5. The summed E-state index contributed by atoms with van der Waals surface area (Å²) in [5.74, 6) is 0.00552. The minimum atomic E-state index is -0.207. The Hall–Kier alpha value is -4.17. The van der Waals surface area contributed by atoms with Crippen LogP contribution in [0.1, 0.15) is 29.2 Å². The van der Waals surface area contributed by atoms with Gasteiger partial charge in [-0.25, -0.2) is 4.98 Å². The number of likely N-dealkylation sites (tertiary alicyclic amines) is 1. The van der Waals surface area contributed by atoms with E-state index in [0.717, 1.165) is 24.1 Å². The van der Waals surface area contributed by atoms with Gasteiger partial charge in [-0.3, -0.25) is 14.3 Å². The maximum atomic E-state index is 12.7. The highest BCUT2D eigenvalue weighted by atomic mass is 35.5. The number of piperidine rings is 1. The summed E-state index contributed by atoms with van der Waals surface area (Å²) in [6.45, 7) is 4.78. The predicted molar refractivity (Wildman–Crippen MR) is 142 cm³/mol. The fourth-order valence-corrected chi connectivity index (χ4v) is 4.84. The van der Waals surface area contributed by atoms with Gasteiger partial charge in [0.2, 0.25) is 5.91 Å². The molecule has 2 amide bonds. The number of hydrogen-bond donors (Lipinski definition) is 2. The third kappa shape index (κ3) is 4.43. The van der Waals surface area contributed by atoms with Gasteiger partial charge in [-0.15, -0.1) is 0 Å². The lowest BCUT2D eigenvalue weighted by Crippen LogP contribution is -2.40. The second-order valence-electron chi connectivity index (χ2n) is 8.69. The second kappa shape index (κ2) is 9.83. The molecule has 9 heteroatoms. The number of fused-ring (bicyclic) bond motifs is 1. The summed E-state index contributed by atoms with van der Waals surface area (Å²) in [5, 5.41) is 8.88. The van der Waals surface area contributed by atoms with Crippen molar-refractivity contribution in [3.63, 3.8) is 0 Å². The van der Waals surface area contributed by atoms with Crippen molar-refractivity contribution in [1.82, 2.24) is 19.7 Å². The van der Waals surface area contributed by atoms with Crippen LogP contribution in [0.15, 0.2) is 73.4 Å². The maximum absolute atomic E-state index is 12.7. The van der Waals surface area contributed by atoms with E-state index in [4.69, 9.17) is 22.4 Å². The number of rotatable bonds is 5. The Morgan fingerprint density at radius 2 is 1.89 bits per heavy atom. The van der Waals surface area contributed by atoms with Crippen LogP contribution >= 0.6 is 11.6 Å². The first-order chi connectivity index (χ1) is 17.5. The van der Waals surface area contributed by atoms with Gasteiger partial charge < -0.3 is 16.0 Å². The zero-order valence-electron chi connectivity index (χ0n) is 19.5. The summed E-state index contributed by atoms with van der Waals surface area (Å²) in [4.78, 5) is 30.9. The van der Waals surface area contributed by atoms with Crippen LogP contribution in [0, 0.1) is 0 Å². The summed E-state index contributed by atoms with van der Waals surface area (Å²) in [6, 6.07) is 16.4. The standard InChI is InChI=1S/C27H25ClN6O2/c1-2-22(35)33-14-6-9-20(16-33)34-25-21(28)15-30-26(29)23(25)24(32-34)17-10-12-18(13-11-17)27(36)31-19-7-4-3-5-8-19/h2-5,7-8,10-13,15,20H,1,6,9,14,16H2,(H2,29,30)(H,31,36)/t20-/m1/s1. The van der Waals surface area contributed by atoms with E-state index in [1.165, 1.54) is 12.3 Å². The molecule has 0 aliphatic carbocycles. The van der Waals surface area contributed by atoms with Gasteiger partial charge in [-0.1, -0.05) is 48.5 Å². The predicted octanol–water partition coefficient (Wildman–Crippen LogP) is 4.94. The first kappa shape index (κ1) is 23.6. The molecule has 1 aliphatic rings. The van der Waals surface area contributed by atoms with Crippen molar-refractivity contribution in [3.05, 3.63) is 84.0 Å². The molecule has 3 heterocycles. The van der Waals surface area contributed by atoms with E-state index in [1.54, 1.807) is 17.0 Å². The average Bonchev–Trinajstić information content (AvgIpc) is 3.33. The van der Waals surface area contributed by atoms with E-state index in [1.807, 2.05) is 47.1 Å². The van der Waals surface area contributed by atoms with Crippen molar-refractivity contribution in [2.45, 2.75) is 18.9 Å². The molecule has 0 bridgehead atoms. The Balaban J connectivity index is 1.51. The summed E-state index contributed by atoms with van der Waals surface area (Å²) >= 11 is 6.60. The van der Waals surface area contributed by atoms with Crippen molar-refractivity contribution < 1.29 is 9.59 Å². The molecule has 1 fully saturated rings. The van der Waals surface area contributed by atoms with Crippen molar-refractivity contribution in [2.75, 3.05) is 24.1 Å². The van der Waals surface area contributed by atoms with Gasteiger partial charge in [-0.05, 0) is 43.2 Å². The lowest BCUT2D eigenvalue weighted by atomic mass is 10.0. The molecule has 2 aromatic carbocycles. The number of aromatic nitrogens is 3. The number of benzene rings is 2. The van der Waals surface area contributed by atoms with Crippen LogP contribution in [0.25, 0.3) is 22.2 Å². The van der Waals surface area contributed by atoms with E-state index in [-0.39, 0.29) is 17.9 Å². The number of halogens is 1. The van der Waals surface area contributed by atoms with Crippen LogP contribution in [0.2, 0.25) is 5.02 Å². The van der Waals surface area contributed by atoms with Crippen LogP contribution < -0.4 is 11.1 Å². The van der Waals surface area contributed by atoms with Crippen LogP contribution in [0.4, 0.5) is 11.5 Å². The number of pyridine rings is 1. The molecule has 36 heavy (non-hydrogen) atoms. The van der Waals surface area contributed by atoms with E-state index in [0.29, 0.717) is 46.1 Å². The zero-order valence-corrected chi connectivity index (χ0v) is 20.3. The molecular weight excluding hydrogens is 476 g/mol.